The van der Waals surface area contributed by atoms with Crippen molar-refractivity contribution in [2.24, 2.45) is 0 Å². The number of carbonyl (C=O) groups is 1. The molecule has 0 amide bonds. The van der Waals surface area contributed by atoms with E-state index in [0.29, 0.717) is 18.6 Å². The molecular formula is C18H26N2O. The van der Waals surface area contributed by atoms with E-state index in [9.17, 15) is 4.79 Å². The molecule has 1 heterocycles. The second-order valence-corrected chi connectivity index (χ2v) is 6.82. The zero-order chi connectivity index (χ0) is 15.0. The van der Waals surface area contributed by atoms with Gasteiger partial charge in [-0.1, -0.05) is 12.1 Å². The molecule has 2 aliphatic rings. The van der Waals surface area contributed by atoms with Crippen molar-refractivity contribution in [3.8, 4) is 0 Å². The summed E-state index contributed by atoms with van der Waals surface area (Å²) < 4.78 is 0. The van der Waals surface area contributed by atoms with Crippen LogP contribution in [0.1, 0.15) is 41.8 Å². The Balaban J connectivity index is 1.66. The van der Waals surface area contributed by atoms with Gasteiger partial charge in [0, 0.05) is 30.7 Å². The molecule has 0 aromatic heterocycles. The molecule has 2 atom stereocenters. The minimum atomic E-state index is 0.272. The Morgan fingerprint density at radius 1 is 1.14 bits per heavy atom. The van der Waals surface area contributed by atoms with Gasteiger partial charge in [0.2, 0.25) is 0 Å². The molecule has 1 fully saturated rings. The van der Waals surface area contributed by atoms with Crippen molar-refractivity contribution in [3.63, 3.8) is 0 Å². The Morgan fingerprint density at radius 3 is 2.52 bits per heavy atom. The van der Waals surface area contributed by atoms with Crippen LogP contribution in [0.15, 0.2) is 18.2 Å². The van der Waals surface area contributed by atoms with E-state index < -0.39 is 0 Å². The fraction of sp³-hybridized carbons (Fsp3) is 0.611. The predicted molar refractivity (Wildman–Crippen MR) is 85.9 cm³/mol. The lowest BCUT2D eigenvalue weighted by Gasteiger charge is -2.42. The quantitative estimate of drug-likeness (QED) is 0.797. The second-order valence-electron chi connectivity index (χ2n) is 6.82. The highest BCUT2D eigenvalue weighted by molar-refractivity contribution is 5.97. The lowest BCUT2D eigenvalue weighted by atomic mass is 10.0. The zero-order valence-corrected chi connectivity index (χ0v) is 13.4. The van der Waals surface area contributed by atoms with Gasteiger partial charge in [0.1, 0.15) is 0 Å². The van der Waals surface area contributed by atoms with Gasteiger partial charge in [0.15, 0.2) is 5.78 Å². The lowest BCUT2D eigenvalue weighted by molar-refractivity contribution is 0.0549. The lowest BCUT2D eigenvalue weighted by Crippen LogP contribution is -2.55. The highest BCUT2D eigenvalue weighted by Gasteiger charge is 2.27. The minimum absolute atomic E-state index is 0.272. The molecule has 0 N–H and O–H groups in total. The van der Waals surface area contributed by atoms with E-state index in [1.54, 1.807) is 0 Å². The monoisotopic (exact) mass is 286 g/mol. The van der Waals surface area contributed by atoms with Gasteiger partial charge in [0.25, 0.3) is 0 Å². The molecule has 3 nitrogen and oxygen atoms in total. The van der Waals surface area contributed by atoms with Crippen molar-refractivity contribution >= 4 is 5.78 Å². The van der Waals surface area contributed by atoms with Crippen LogP contribution in [0.4, 0.5) is 0 Å². The smallest absolute Gasteiger partial charge is 0.176 e. The fourth-order valence-corrected chi connectivity index (χ4v) is 3.68. The molecule has 3 heteroatoms. The Kier molecular flexibility index (Phi) is 4.14. The number of piperazine rings is 1. The van der Waals surface area contributed by atoms with Crippen molar-refractivity contribution in [1.29, 1.82) is 0 Å². The van der Waals surface area contributed by atoms with E-state index >= 15 is 0 Å². The number of ketones is 1. The standard InChI is InChI=1S/C18H26N2O/c1-13-10-20(11-14(2)19(13)3)12-18(21)17-8-7-15-5-4-6-16(15)9-17/h7-9,13-14H,4-6,10-12H2,1-3H3. The molecule has 1 aliphatic carbocycles. The number of likely N-dealkylation sites (N-methyl/N-ethyl adjacent to an activating group) is 1. The molecule has 21 heavy (non-hydrogen) atoms. The Bertz CT molecular complexity index is 528. The van der Waals surface area contributed by atoms with E-state index in [4.69, 9.17) is 0 Å². The molecular weight excluding hydrogens is 260 g/mol. The first-order valence-electron chi connectivity index (χ1n) is 8.14. The van der Waals surface area contributed by atoms with Crippen LogP contribution in [0.2, 0.25) is 0 Å². The van der Waals surface area contributed by atoms with Crippen molar-refractivity contribution in [1.82, 2.24) is 9.80 Å². The molecule has 3 rings (SSSR count). The largest absolute Gasteiger partial charge is 0.298 e. The highest BCUT2D eigenvalue weighted by Crippen LogP contribution is 2.23. The molecule has 0 saturated carbocycles. The number of Topliss-reactive ketones (excluding diaryl/α,β-unsaturated/α-hetero) is 1. The third kappa shape index (κ3) is 3.04. The first-order chi connectivity index (χ1) is 10.0. The van der Waals surface area contributed by atoms with Crippen LogP contribution in [-0.4, -0.2) is 54.3 Å². The normalized spacial score (nSPS) is 26.8. The fourth-order valence-electron chi connectivity index (χ4n) is 3.68. The van der Waals surface area contributed by atoms with Gasteiger partial charge >= 0.3 is 0 Å². The molecule has 1 aliphatic heterocycles. The summed E-state index contributed by atoms with van der Waals surface area (Å²) in [6.07, 6.45) is 3.55. The van der Waals surface area contributed by atoms with Crippen LogP contribution >= 0.6 is 0 Å². The molecule has 114 valence electrons. The van der Waals surface area contributed by atoms with E-state index in [1.807, 2.05) is 6.07 Å². The van der Waals surface area contributed by atoms with Crippen LogP contribution in [0, 0.1) is 0 Å². The molecule has 0 radical (unpaired) electrons. The van der Waals surface area contributed by atoms with Crippen molar-refractivity contribution in [2.45, 2.75) is 45.2 Å². The number of carbonyl (C=O) groups excluding carboxylic acids is 1. The van der Waals surface area contributed by atoms with Crippen LogP contribution in [0.25, 0.3) is 0 Å². The average Bonchev–Trinajstić information content (AvgIpc) is 2.91. The topological polar surface area (TPSA) is 23.6 Å². The SMILES string of the molecule is CC1CN(CC(=O)c2ccc3c(c2)CCC3)CC(C)N1C. The molecule has 2 unspecified atom stereocenters. The first-order valence-corrected chi connectivity index (χ1v) is 8.14. The highest BCUT2D eigenvalue weighted by atomic mass is 16.1. The van der Waals surface area contributed by atoms with Gasteiger partial charge < -0.3 is 0 Å². The summed E-state index contributed by atoms with van der Waals surface area (Å²) in [5.41, 5.74) is 3.73. The summed E-state index contributed by atoms with van der Waals surface area (Å²) in [7, 11) is 2.18. The predicted octanol–water partition coefficient (Wildman–Crippen LogP) is 2.38. The summed E-state index contributed by atoms with van der Waals surface area (Å²) in [5, 5.41) is 0. The van der Waals surface area contributed by atoms with Crippen LogP contribution in [0.5, 0.6) is 0 Å². The number of nitrogens with zero attached hydrogens (tertiary/aromatic N) is 2. The number of fused-ring (bicyclic) bond motifs is 1. The van der Waals surface area contributed by atoms with Crippen LogP contribution in [-0.2, 0) is 12.8 Å². The third-order valence-corrected chi connectivity index (χ3v) is 5.22. The maximum absolute atomic E-state index is 12.6. The van der Waals surface area contributed by atoms with Crippen LogP contribution in [0.3, 0.4) is 0 Å². The van der Waals surface area contributed by atoms with Crippen LogP contribution < -0.4 is 0 Å². The summed E-state index contributed by atoms with van der Waals surface area (Å²) in [5.74, 6) is 0.272. The second kappa shape index (κ2) is 5.90. The van der Waals surface area contributed by atoms with E-state index in [2.05, 4.69) is 42.8 Å². The van der Waals surface area contributed by atoms with E-state index in [0.717, 1.165) is 25.1 Å². The average molecular weight is 286 g/mol. The number of benzene rings is 1. The Morgan fingerprint density at radius 2 is 1.81 bits per heavy atom. The maximum Gasteiger partial charge on any atom is 0.176 e. The van der Waals surface area contributed by atoms with E-state index in [-0.39, 0.29) is 5.78 Å². The Labute approximate surface area is 127 Å². The molecule has 1 aromatic carbocycles. The summed E-state index contributed by atoms with van der Waals surface area (Å²) in [6.45, 7) is 7.00. The van der Waals surface area contributed by atoms with Crippen molar-refractivity contribution in [2.75, 3.05) is 26.7 Å². The summed E-state index contributed by atoms with van der Waals surface area (Å²) in [4.78, 5) is 17.3. The third-order valence-electron chi connectivity index (χ3n) is 5.22. The van der Waals surface area contributed by atoms with Gasteiger partial charge in [0.05, 0.1) is 6.54 Å². The minimum Gasteiger partial charge on any atom is -0.298 e. The molecule has 0 spiro atoms. The molecule has 1 saturated heterocycles. The van der Waals surface area contributed by atoms with Crippen molar-refractivity contribution < 1.29 is 4.79 Å². The molecule has 0 bridgehead atoms. The summed E-state index contributed by atoms with van der Waals surface area (Å²) in [6, 6.07) is 7.34. The number of aryl methyl sites for hydroxylation is 2. The Hall–Kier alpha value is -1.19. The van der Waals surface area contributed by atoms with E-state index in [1.165, 1.54) is 24.0 Å². The zero-order valence-electron chi connectivity index (χ0n) is 13.4. The van der Waals surface area contributed by atoms with Gasteiger partial charge in [-0.15, -0.1) is 0 Å². The van der Waals surface area contributed by atoms with Crippen molar-refractivity contribution in [3.05, 3.63) is 34.9 Å². The number of hydrogen-bond donors (Lipinski definition) is 0. The maximum atomic E-state index is 12.6. The number of hydrogen-bond acceptors (Lipinski definition) is 3. The van der Waals surface area contributed by atoms with Gasteiger partial charge in [-0.2, -0.15) is 0 Å². The number of rotatable bonds is 3. The van der Waals surface area contributed by atoms with Gasteiger partial charge in [-0.25, -0.2) is 0 Å². The van der Waals surface area contributed by atoms with Gasteiger partial charge in [-0.3, -0.25) is 14.6 Å². The van der Waals surface area contributed by atoms with Gasteiger partial charge in [-0.05, 0) is 57.4 Å². The first kappa shape index (κ1) is 14.7. The molecule has 1 aromatic rings. The summed E-state index contributed by atoms with van der Waals surface area (Å²) >= 11 is 0.